The fourth-order valence-corrected chi connectivity index (χ4v) is 2.53. The summed E-state index contributed by atoms with van der Waals surface area (Å²) in [5.41, 5.74) is 1.48. The van der Waals surface area contributed by atoms with Gasteiger partial charge in [0.05, 0.1) is 11.1 Å². The molecule has 0 bridgehead atoms. The maximum absolute atomic E-state index is 12.0. The minimum atomic E-state index is -0.146. The minimum absolute atomic E-state index is 0.146. The quantitative estimate of drug-likeness (QED) is 0.676. The molecule has 0 atom stereocenters. The Morgan fingerprint density at radius 1 is 1.09 bits per heavy atom. The summed E-state index contributed by atoms with van der Waals surface area (Å²) in [6, 6.07) is 13.6. The fourth-order valence-electron chi connectivity index (χ4n) is 2.17. The van der Waals surface area contributed by atoms with Crippen molar-refractivity contribution in [2.45, 2.75) is 0 Å². The second kappa shape index (κ2) is 7.19. The van der Waals surface area contributed by atoms with Gasteiger partial charge in [-0.2, -0.15) is 0 Å². The van der Waals surface area contributed by atoms with Crippen molar-refractivity contribution >= 4 is 38.6 Å². The van der Waals surface area contributed by atoms with Gasteiger partial charge in [-0.25, -0.2) is 4.98 Å². The zero-order chi connectivity index (χ0) is 16.1. The summed E-state index contributed by atoms with van der Waals surface area (Å²) in [7, 11) is 0. The van der Waals surface area contributed by atoms with Crippen LogP contribution in [0.25, 0.3) is 10.9 Å². The Balaban J connectivity index is 1.51. The second-order valence-corrected chi connectivity index (χ2v) is 5.88. The fraction of sp³-hybridized carbons (Fsp3) is 0.118. The van der Waals surface area contributed by atoms with Crippen LogP contribution in [0.15, 0.2) is 59.3 Å². The number of para-hydroxylation sites is 1. The number of nitrogens with one attached hydrogen (secondary N) is 2. The van der Waals surface area contributed by atoms with Crippen molar-refractivity contribution in [3.8, 4) is 0 Å². The van der Waals surface area contributed by atoms with Crippen molar-refractivity contribution in [3.05, 3.63) is 64.9 Å². The van der Waals surface area contributed by atoms with Crippen LogP contribution in [-0.2, 0) is 0 Å². The van der Waals surface area contributed by atoms with Crippen LogP contribution in [0.2, 0.25) is 0 Å². The third-order valence-corrected chi connectivity index (χ3v) is 3.72. The lowest BCUT2D eigenvalue weighted by atomic mass is 10.2. The normalized spacial score (nSPS) is 10.5. The van der Waals surface area contributed by atoms with Crippen molar-refractivity contribution in [1.29, 1.82) is 0 Å². The summed E-state index contributed by atoms with van der Waals surface area (Å²) < 4.78 is 0.781. The van der Waals surface area contributed by atoms with E-state index >= 15 is 0 Å². The molecular formula is C17H15BrN4O. The first-order valence-corrected chi connectivity index (χ1v) is 8.00. The zero-order valence-electron chi connectivity index (χ0n) is 12.3. The number of nitrogens with zero attached hydrogens (tertiary/aromatic N) is 2. The van der Waals surface area contributed by atoms with Crippen LogP contribution in [0, 0.1) is 0 Å². The number of hydrogen-bond acceptors (Lipinski definition) is 4. The number of carbonyl (C=O) groups is 1. The van der Waals surface area contributed by atoms with Crippen LogP contribution in [0.5, 0.6) is 0 Å². The van der Waals surface area contributed by atoms with Gasteiger partial charge in [0.15, 0.2) is 0 Å². The van der Waals surface area contributed by atoms with Crippen molar-refractivity contribution in [1.82, 2.24) is 15.3 Å². The molecule has 116 valence electrons. The Hall–Kier alpha value is -2.47. The Bertz CT molecular complexity index is 837. The number of aromatic nitrogens is 2. The van der Waals surface area contributed by atoms with E-state index < -0.39 is 0 Å². The van der Waals surface area contributed by atoms with Crippen molar-refractivity contribution in [2.75, 3.05) is 18.4 Å². The minimum Gasteiger partial charge on any atom is -0.368 e. The molecule has 0 saturated carbocycles. The predicted octanol–water partition coefficient (Wildman–Crippen LogP) is 3.23. The molecule has 0 radical (unpaired) electrons. The number of carbonyl (C=O) groups excluding carboxylic acids is 1. The highest BCUT2D eigenvalue weighted by atomic mass is 79.9. The van der Waals surface area contributed by atoms with Gasteiger partial charge < -0.3 is 10.6 Å². The van der Waals surface area contributed by atoms with Gasteiger partial charge in [-0.3, -0.25) is 9.78 Å². The molecule has 0 unspecified atom stereocenters. The Kier molecular flexibility index (Phi) is 4.83. The van der Waals surface area contributed by atoms with Crippen LogP contribution in [0.3, 0.4) is 0 Å². The first kappa shape index (κ1) is 15.4. The molecule has 0 fully saturated rings. The monoisotopic (exact) mass is 370 g/mol. The van der Waals surface area contributed by atoms with Crippen LogP contribution < -0.4 is 10.6 Å². The van der Waals surface area contributed by atoms with Gasteiger partial charge in [-0.1, -0.05) is 18.2 Å². The smallest absolute Gasteiger partial charge is 0.252 e. The number of benzene rings is 1. The Labute approximate surface area is 142 Å². The van der Waals surface area contributed by atoms with Crippen LogP contribution in [0.1, 0.15) is 10.4 Å². The van der Waals surface area contributed by atoms with Gasteiger partial charge in [0.25, 0.3) is 5.91 Å². The van der Waals surface area contributed by atoms with Crippen LogP contribution in [0.4, 0.5) is 5.82 Å². The van der Waals surface area contributed by atoms with Gasteiger partial charge in [-0.05, 0) is 40.2 Å². The molecular weight excluding hydrogens is 356 g/mol. The number of halogens is 1. The maximum atomic E-state index is 12.0. The van der Waals surface area contributed by atoms with E-state index in [9.17, 15) is 4.79 Å². The summed E-state index contributed by atoms with van der Waals surface area (Å²) in [6.07, 6.45) is 3.18. The molecule has 0 saturated heterocycles. The lowest BCUT2D eigenvalue weighted by Gasteiger charge is -2.08. The third-order valence-electron chi connectivity index (χ3n) is 3.28. The van der Waals surface area contributed by atoms with E-state index in [1.165, 1.54) is 0 Å². The number of hydrogen-bond donors (Lipinski definition) is 2. The summed E-state index contributed by atoms with van der Waals surface area (Å²) in [6.45, 7) is 1.10. The highest BCUT2D eigenvalue weighted by Crippen LogP contribution is 2.14. The summed E-state index contributed by atoms with van der Waals surface area (Å²) in [4.78, 5) is 20.5. The molecule has 23 heavy (non-hydrogen) atoms. The van der Waals surface area contributed by atoms with E-state index in [4.69, 9.17) is 0 Å². The van der Waals surface area contributed by atoms with E-state index in [2.05, 4.69) is 36.5 Å². The molecule has 0 aliphatic heterocycles. The third kappa shape index (κ3) is 4.04. The SMILES string of the molecule is O=C(NCCNc1ccc2ccccc2n1)c1cncc(Br)c1. The summed E-state index contributed by atoms with van der Waals surface area (Å²) in [5.74, 6) is 0.647. The number of rotatable bonds is 5. The summed E-state index contributed by atoms with van der Waals surface area (Å²) >= 11 is 3.30. The van der Waals surface area contributed by atoms with Crippen molar-refractivity contribution in [2.24, 2.45) is 0 Å². The standard InChI is InChI=1S/C17H15BrN4O/c18-14-9-13(10-19-11-14)17(23)21-8-7-20-16-6-5-12-3-1-2-4-15(12)22-16/h1-6,9-11H,7-8H2,(H,20,22)(H,21,23). The van der Waals surface area contributed by atoms with Gasteiger partial charge >= 0.3 is 0 Å². The lowest BCUT2D eigenvalue weighted by Crippen LogP contribution is -2.29. The van der Waals surface area contributed by atoms with Crippen LogP contribution in [-0.4, -0.2) is 29.0 Å². The lowest BCUT2D eigenvalue weighted by molar-refractivity contribution is 0.0954. The number of amides is 1. The molecule has 5 nitrogen and oxygen atoms in total. The van der Waals surface area contributed by atoms with E-state index in [1.54, 1.807) is 18.5 Å². The van der Waals surface area contributed by atoms with E-state index in [0.717, 1.165) is 21.2 Å². The predicted molar refractivity (Wildman–Crippen MR) is 94.5 cm³/mol. The first-order valence-electron chi connectivity index (χ1n) is 7.21. The first-order chi connectivity index (χ1) is 11.2. The van der Waals surface area contributed by atoms with Crippen molar-refractivity contribution < 1.29 is 4.79 Å². The van der Waals surface area contributed by atoms with Gasteiger partial charge in [0, 0.05) is 35.3 Å². The average Bonchev–Trinajstić information content (AvgIpc) is 2.58. The highest BCUT2D eigenvalue weighted by Gasteiger charge is 2.05. The molecule has 2 heterocycles. The molecule has 2 aromatic heterocycles. The molecule has 1 aromatic carbocycles. The Morgan fingerprint density at radius 3 is 2.83 bits per heavy atom. The Morgan fingerprint density at radius 2 is 1.96 bits per heavy atom. The number of pyridine rings is 2. The topological polar surface area (TPSA) is 66.9 Å². The zero-order valence-corrected chi connectivity index (χ0v) is 13.9. The second-order valence-electron chi connectivity index (χ2n) is 4.96. The van der Waals surface area contributed by atoms with E-state index in [0.29, 0.717) is 18.7 Å². The van der Waals surface area contributed by atoms with E-state index in [-0.39, 0.29) is 5.91 Å². The number of fused-ring (bicyclic) bond motifs is 1. The van der Waals surface area contributed by atoms with Crippen LogP contribution >= 0.6 is 15.9 Å². The molecule has 0 spiro atoms. The number of anilines is 1. The largest absolute Gasteiger partial charge is 0.368 e. The summed E-state index contributed by atoms with van der Waals surface area (Å²) in [5, 5.41) is 7.15. The van der Waals surface area contributed by atoms with Gasteiger partial charge in [0.2, 0.25) is 0 Å². The average molecular weight is 371 g/mol. The van der Waals surface area contributed by atoms with Crippen molar-refractivity contribution in [3.63, 3.8) is 0 Å². The van der Waals surface area contributed by atoms with Gasteiger partial charge in [-0.15, -0.1) is 0 Å². The molecule has 3 rings (SSSR count). The van der Waals surface area contributed by atoms with Gasteiger partial charge in [0.1, 0.15) is 5.82 Å². The molecule has 0 aliphatic rings. The molecule has 0 aliphatic carbocycles. The maximum Gasteiger partial charge on any atom is 0.252 e. The molecule has 1 amide bonds. The molecule has 6 heteroatoms. The molecule has 2 N–H and O–H groups in total. The highest BCUT2D eigenvalue weighted by molar-refractivity contribution is 9.10. The van der Waals surface area contributed by atoms with E-state index in [1.807, 2.05) is 36.4 Å². The molecule has 3 aromatic rings.